The van der Waals surface area contributed by atoms with Crippen molar-refractivity contribution in [2.45, 2.75) is 44.6 Å². The fourth-order valence-electron chi connectivity index (χ4n) is 4.52. The number of amides is 1. The van der Waals surface area contributed by atoms with Crippen molar-refractivity contribution < 1.29 is 4.79 Å². The summed E-state index contributed by atoms with van der Waals surface area (Å²) >= 11 is 0. The number of benzene rings is 1. The molecule has 144 valence electrons. The van der Waals surface area contributed by atoms with Crippen LogP contribution in [0.3, 0.4) is 0 Å². The molecule has 0 unspecified atom stereocenters. The van der Waals surface area contributed by atoms with Gasteiger partial charge in [0.1, 0.15) is 5.82 Å². The summed E-state index contributed by atoms with van der Waals surface area (Å²) in [5.74, 6) is 2.63. The highest BCUT2D eigenvalue weighted by molar-refractivity contribution is 5.98. The molecule has 5 nitrogen and oxygen atoms in total. The maximum Gasteiger partial charge on any atom is 0.253 e. The van der Waals surface area contributed by atoms with Crippen LogP contribution >= 0.6 is 0 Å². The molecule has 0 radical (unpaired) electrons. The van der Waals surface area contributed by atoms with Gasteiger partial charge in [0.05, 0.1) is 5.52 Å². The largest absolute Gasteiger partial charge is 0.339 e. The topological polar surface area (TPSA) is 51.0 Å². The van der Waals surface area contributed by atoms with Gasteiger partial charge in [0.25, 0.3) is 5.91 Å². The second-order valence-electron chi connectivity index (χ2n) is 8.21. The van der Waals surface area contributed by atoms with Crippen LogP contribution in [0.15, 0.2) is 48.9 Å². The second kappa shape index (κ2) is 7.38. The van der Waals surface area contributed by atoms with Crippen molar-refractivity contribution in [3.63, 3.8) is 0 Å². The Morgan fingerprint density at radius 3 is 2.68 bits per heavy atom. The van der Waals surface area contributed by atoms with Gasteiger partial charge < -0.3 is 9.47 Å². The number of piperidine rings is 1. The number of aromatic nitrogens is 3. The highest BCUT2D eigenvalue weighted by atomic mass is 16.2. The van der Waals surface area contributed by atoms with Crippen molar-refractivity contribution in [3.05, 3.63) is 60.3 Å². The zero-order chi connectivity index (χ0) is 18.9. The van der Waals surface area contributed by atoms with Gasteiger partial charge in [-0.25, -0.2) is 4.98 Å². The van der Waals surface area contributed by atoms with Gasteiger partial charge in [0, 0.05) is 55.1 Å². The van der Waals surface area contributed by atoms with E-state index in [4.69, 9.17) is 0 Å². The van der Waals surface area contributed by atoms with Crippen molar-refractivity contribution in [3.8, 4) is 0 Å². The van der Waals surface area contributed by atoms with Gasteiger partial charge in [-0.15, -0.1) is 0 Å². The molecule has 2 aliphatic rings. The number of pyridine rings is 1. The number of nitrogens with zero attached hydrogens (tertiary/aromatic N) is 4. The average Bonchev–Trinajstić information content (AvgIpc) is 3.18. The van der Waals surface area contributed by atoms with Crippen molar-refractivity contribution in [1.29, 1.82) is 0 Å². The van der Waals surface area contributed by atoms with Gasteiger partial charge in [-0.05, 0) is 55.9 Å². The van der Waals surface area contributed by atoms with Crippen LogP contribution < -0.4 is 0 Å². The predicted octanol–water partition coefficient (Wildman–Crippen LogP) is 4.25. The van der Waals surface area contributed by atoms with Crippen molar-refractivity contribution in [1.82, 2.24) is 19.4 Å². The third-order valence-electron chi connectivity index (χ3n) is 6.42. The number of likely N-dealkylation sites (tertiary alicyclic amines) is 1. The molecule has 1 saturated carbocycles. The summed E-state index contributed by atoms with van der Waals surface area (Å²) in [6.07, 6.45) is 11.9. The van der Waals surface area contributed by atoms with Gasteiger partial charge in [0.2, 0.25) is 0 Å². The van der Waals surface area contributed by atoms with Gasteiger partial charge in [0.15, 0.2) is 0 Å². The molecule has 5 rings (SSSR count). The molecule has 0 spiro atoms. The lowest BCUT2D eigenvalue weighted by atomic mass is 9.85. The molecule has 1 amide bonds. The highest BCUT2D eigenvalue weighted by Gasteiger charge is 2.28. The number of carbonyl (C=O) groups excluding carboxylic acids is 1. The third-order valence-corrected chi connectivity index (χ3v) is 6.42. The predicted molar refractivity (Wildman–Crippen MR) is 109 cm³/mol. The van der Waals surface area contributed by atoms with E-state index in [1.54, 1.807) is 6.20 Å². The van der Waals surface area contributed by atoms with E-state index < -0.39 is 0 Å². The molecule has 5 heteroatoms. The SMILES string of the molecule is O=C(c1ccc2ncccc2c1)N1CCC(c2nccn2CC2CCC2)CC1. The Morgan fingerprint density at radius 2 is 1.89 bits per heavy atom. The molecule has 1 saturated heterocycles. The number of imidazole rings is 1. The molecule has 1 aromatic carbocycles. The minimum atomic E-state index is 0.127. The number of fused-ring (bicyclic) bond motifs is 1. The van der Waals surface area contributed by atoms with E-state index in [2.05, 4.69) is 20.7 Å². The summed E-state index contributed by atoms with van der Waals surface area (Å²) < 4.78 is 2.36. The Balaban J connectivity index is 1.25. The Morgan fingerprint density at radius 1 is 1.04 bits per heavy atom. The Labute approximate surface area is 165 Å². The molecule has 0 N–H and O–H groups in total. The first kappa shape index (κ1) is 17.4. The van der Waals surface area contributed by atoms with Crippen LogP contribution in [-0.4, -0.2) is 38.4 Å². The first-order chi connectivity index (χ1) is 13.8. The summed E-state index contributed by atoms with van der Waals surface area (Å²) in [6, 6.07) is 9.71. The monoisotopic (exact) mass is 374 g/mol. The summed E-state index contributed by atoms with van der Waals surface area (Å²) in [7, 11) is 0. The highest BCUT2D eigenvalue weighted by Crippen LogP contribution is 2.32. The van der Waals surface area contributed by atoms with E-state index in [0.29, 0.717) is 5.92 Å². The molecule has 2 aromatic heterocycles. The first-order valence-electron chi connectivity index (χ1n) is 10.4. The fourth-order valence-corrected chi connectivity index (χ4v) is 4.52. The molecule has 28 heavy (non-hydrogen) atoms. The molecule has 3 heterocycles. The second-order valence-corrected chi connectivity index (χ2v) is 8.21. The van der Waals surface area contributed by atoms with Gasteiger partial charge >= 0.3 is 0 Å². The fraction of sp³-hybridized carbons (Fsp3) is 0.435. The van der Waals surface area contributed by atoms with Crippen LogP contribution in [0.1, 0.15) is 54.2 Å². The lowest BCUT2D eigenvalue weighted by Crippen LogP contribution is -2.38. The average molecular weight is 374 g/mol. The minimum Gasteiger partial charge on any atom is -0.339 e. The van der Waals surface area contributed by atoms with Crippen LogP contribution in [0.2, 0.25) is 0 Å². The van der Waals surface area contributed by atoms with Gasteiger partial charge in [-0.1, -0.05) is 12.5 Å². The Hall–Kier alpha value is -2.69. The van der Waals surface area contributed by atoms with Crippen LogP contribution in [0.4, 0.5) is 0 Å². The van der Waals surface area contributed by atoms with Gasteiger partial charge in [-0.2, -0.15) is 0 Å². The van der Waals surface area contributed by atoms with Gasteiger partial charge in [-0.3, -0.25) is 9.78 Å². The molecule has 2 fully saturated rings. The number of hydrogen-bond acceptors (Lipinski definition) is 3. The van der Waals surface area contributed by atoms with E-state index in [0.717, 1.165) is 54.9 Å². The van der Waals surface area contributed by atoms with E-state index >= 15 is 0 Å². The molecule has 1 aliphatic carbocycles. The lowest BCUT2D eigenvalue weighted by molar-refractivity contribution is 0.0710. The molecule has 0 atom stereocenters. The van der Waals surface area contributed by atoms with E-state index in [1.807, 2.05) is 41.4 Å². The summed E-state index contributed by atoms with van der Waals surface area (Å²) in [4.78, 5) is 24.0. The lowest BCUT2D eigenvalue weighted by Gasteiger charge is -2.33. The van der Waals surface area contributed by atoms with E-state index in [1.165, 1.54) is 25.1 Å². The smallest absolute Gasteiger partial charge is 0.253 e. The minimum absolute atomic E-state index is 0.127. The molecular formula is C23H26N4O. The van der Waals surface area contributed by atoms with E-state index in [9.17, 15) is 4.79 Å². The summed E-state index contributed by atoms with van der Waals surface area (Å²) in [6.45, 7) is 2.70. The number of carbonyl (C=O) groups is 1. The van der Waals surface area contributed by atoms with Crippen LogP contribution in [0.25, 0.3) is 10.9 Å². The maximum atomic E-state index is 13.0. The Kier molecular flexibility index (Phi) is 4.59. The number of hydrogen-bond donors (Lipinski definition) is 0. The first-order valence-corrected chi connectivity index (χ1v) is 10.4. The quantitative estimate of drug-likeness (QED) is 0.686. The Bertz CT molecular complexity index is 983. The van der Waals surface area contributed by atoms with Crippen molar-refractivity contribution >= 4 is 16.8 Å². The van der Waals surface area contributed by atoms with Crippen LogP contribution in [0.5, 0.6) is 0 Å². The normalized spacial score (nSPS) is 18.4. The number of rotatable bonds is 4. The molecule has 0 bridgehead atoms. The molecule has 3 aromatic rings. The standard InChI is InChI=1S/C23H26N4O/c28-23(20-6-7-21-19(15-20)5-2-10-24-21)26-12-8-18(9-13-26)22-25-11-14-27(22)16-17-3-1-4-17/h2,5-7,10-11,14-15,17-18H,1,3-4,8-9,12-13,16H2. The van der Waals surface area contributed by atoms with E-state index in [-0.39, 0.29) is 5.91 Å². The summed E-state index contributed by atoms with van der Waals surface area (Å²) in [5, 5.41) is 1.02. The van der Waals surface area contributed by atoms with Crippen LogP contribution in [-0.2, 0) is 6.54 Å². The zero-order valence-electron chi connectivity index (χ0n) is 16.1. The molecular weight excluding hydrogens is 348 g/mol. The summed E-state index contributed by atoms with van der Waals surface area (Å²) in [5.41, 5.74) is 1.68. The van der Waals surface area contributed by atoms with Crippen molar-refractivity contribution in [2.75, 3.05) is 13.1 Å². The zero-order valence-corrected chi connectivity index (χ0v) is 16.1. The third kappa shape index (κ3) is 3.30. The van der Waals surface area contributed by atoms with Crippen LogP contribution in [0, 0.1) is 5.92 Å². The maximum absolute atomic E-state index is 13.0. The van der Waals surface area contributed by atoms with Crippen molar-refractivity contribution in [2.24, 2.45) is 5.92 Å². The molecule has 1 aliphatic heterocycles.